The molecule has 0 aromatic rings. The zero-order chi connectivity index (χ0) is 12.9. The highest BCUT2D eigenvalue weighted by atomic mass is 16.5. The van der Waals surface area contributed by atoms with E-state index in [9.17, 15) is 0 Å². The van der Waals surface area contributed by atoms with Crippen molar-refractivity contribution in [2.24, 2.45) is 11.7 Å². The van der Waals surface area contributed by atoms with Crippen molar-refractivity contribution in [2.45, 2.75) is 58.0 Å². The number of ether oxygens (including phenoxy) is 1. The first-order valence-corrected chi connectivity index (χ1v) is 7.02. The fourth-order valence-electron chi connectivity index (χ4n) is 3.00. The molecule has 1 aliphatic rings. The van der Waals surface area contributed by atoms with Crippen LogP contribution in [0.15, 0.2) is 0 Å². The van der Waals surface area contributed by atoms with E-state index in [0.717, 1.165) is 38.5 Å². The largest absolute Gasteiger partial charge is 0.381 e. The highest BCUT2D eigenvalue weighted by Gasteiger charge is 2.36. The average molecular weight is 242 g/mol. The summed E-state index contributed by atoms with van der Waals surface area (Å²) in [6, 6.07) is 0.594. The monoisotopic (exact) mass is 242 g/mol. The second kappa shape index (κ2) is 6.72. The van der Waals surface area contributed by atoms with Crippen LogP contribution >= 0.6 is 0 Å². The lowest BCUT2D eigenvalue weighted by molar-refractivity contribution is 0.0525. The maximum Gasteiger partial charge on any atom is 0.0484 e. The van der Waals surface area contributed by atoms with Crippen molar-refractivity contribution in [1.82, 2.24) is 4.90 Å². The third-order valence-corrected chi connectivity index (χ3v) is 4.24. The minimum atomic E-state index is 0.158. The topological polar surface area (TPSA) is 38.5 Å². The van der Waals surface area contributed by atoms with Crippen molar-refractivity contribution in [3.05, 3.63) is 0 Å². The van der Waals surface area contributed by atoms with Gasteiger partial charge >= 0.3 is 0 Å². The SMILES string of the molecule is CC(C)CC(C)N(C)C1(CN)CCCOCC1. The van der Waals surface area contributed by atoms with Crippen molar-refractivity contribution in [1.29, 1.82) is 0 Å². The first kappa shape index (κ1) is 14.9. The molecule has 3 nitrogen and oxygen atoms in total. The molecule has 0 aliphatic carbocycles. The zero-order valence-corrected chi connectivity index (χ0v) is 12.0. The molecule has 2 N–H and O–H groups in total. The second-order valence-corrected chi connectivity index (χ2v) is 5.98. The summed E-state index contributed by atoms with van der Waals surface area (Å²) in [6.45, 7) is 9.40. The first-order chi connectivity index (χ1) is 8.02. The fourth-order valence-corrected chi connectivity index (χ4v) is 3.00. The Morgan fingerprint density at radius 1 is 1.24 bits per heavy atom. The molecule has 1 saturated heterocycles. The van der Waals surface area contributed by atoms with Gasteiger partial charge < -0.3 is 10.5 Å². The van der Waals surface area contributed by atoms with Crippen LogP contribution in [0.2, 0.25) is 0 Å². The Bertz CT molecular complexity index is 210. The molecule has 0 radical (unpaired) electrons. The van der Waals surface area contributed by atoms with Gasteiger partial charge in [0.05, 0.1) is 0 Å². The molecular formula is C14H30N2O. The van der Waals surface area contributed by atoms with E-state index >= 15 is 0 Å². The Kier molecular flexibility index (Phi) is 5.90. The quantitative estimate of drug-likeness (QED) is 0.803. The van der Waals surface area contributed by atoms with E-state index in [1.165, 1.54) is 12.8 Å². The van der Waals surface area contributed by atoms with E-state index in [0.29, 0.717) is 6.04 Å². The molecule has 1 heterocycles. The van der Waals surface area contributed by atoms with Crippen LogP contribution in [0.5, 0.6) is 0 Å². The number of nitrogens with two attached hydrogens (primary N) is 1. The lowest BCUT2D eigenvalue weighted by atomic mass is 9.86. The molecular weight excluding hydrogens is 212 g/mol. The molecule has 0 saturated carbocycles. The summed E-state index contributed by atoms with van der Waals surface area (Å²) < 4.78 is 5.58. The number of nitrogens with zero attached hydrogens (tertiary/aromatic N) is 1. The fraction of sp³-hybridized carbons (Fsp3) is 1.00. The van der Waals surface area contributed by atoms with Gasteiger partial charge in [-0.3, -0.25) is 4.90 Å². The van der Waals surface area contributed by atoms with Crippen molar-refractivity contribution in [3.63, 3.8) is 0 Å². The Labute approximate surface area is 107 Å². The van der Waals surface area contributed by atoms with E-state index in [1.54, 1.807) is 0 Å². The van der Waals surface area contributed by atoms with Gasteiger partial charge in [-0.1, -0.05) is 13.8 Å². The van der Waals surface area contributed by atoms with Gasteiger partial charge in [0, 0.05) is 31.3 Å². The van der Waals surface area contributed by atoms with E-state index in [2.05, 4.69) is 32.7 Å². The number of likely N-dealkylation sites (N-methyl/N-ethyl adjacent to an activating group) is 1. The molecule has 3 heteroatoms. The predicted molar refractivity (Wildman–Crippen MR) is 73.1 cm³/mol. The van der Waals surface area contributed by atoms with Gasteiger partial charge in [-0.05, 0) is 45.6 Å². The minimum Gasteiger partial charge on any atom is -0.381 e. The van der Waals surface area contributed by atoms with Gasteiger partial charge in [-0.25, -0.2) is 0 Å². The summed E-state index contributed by atoms with van der Waals surface area (Å²) in [6.07, 6.45) is 4.61. The number of hydrogen-bond acceptors (Lipinski definition) is 3. The zero-order valence-electron chi connectivity index (χ0n) is 12.0. The van der Waals surface area contributed by atoms with Gasteiger partial charge in [0.15, 0.2) is 0 Å². The molecule has 0 bridgehead atoms. The molecule has 0 aromatic heterocycles. The van der Waals surface area contributed by atoms with Crippen molar-refractivity contribution in [2.75, 3.05) is 26.8 Å². The summed E-state index contributed by atoms with van der Waals surface area (Å²) >= 11 is 0. The van der Waals surface area contributed by atoms with Gasteiger partial charge in [0.1, 0.15) is 0 Å². The molecule has 2 unspecified atom stereocenters. The van der Waals surface area contributed by atoms with E-state index in [1.807, 2.05) is 0 Å². The summed E-state index contributed by atoms with van der Waals surface area (Å²) in [4.78, 5) is 2.52. The summed E-state index contributed by atoms with van der Waals surface area (Å²) in [5.41, 5.74) is 6.24. The van der Waals surface area contributed by atoms with Crippen LogP contribution in [0.3, 0.4) is 0 Å². The molecule has 102 valence electrons. The van der Waals surface area contributed by atoms with Crippen LogP contribution in [0.4, 0.5) is 0 Å². The third-order valence-electron chi connectivity index (χ3n) is 4.24. The molecule has 1 aliphatic heterocycles. The first-order valence-electron chi connectivity index (χ1n) is 7.02. The summed E-state index contributed by atoms with van der Waals surface area (Å²) in [5.74, 6) is 0.740. The van der Waals surface area contributed by atoms with Crippen LogP contribution in [-0.4, -0.2) is 43.3 Å². The van der Waals surface area contributed by atoms with E-state index in [4.69, 9.17) is 10.5 Å². The highest BCUT2D eigenvalue weighted by molar-refractivity contribution is 4.93. The normalized spacial score (nSPS) is 28.4. The Morgan fingerprint density at radius 2 is 1.94 bits per heavy atom. The van der Waals surface area contributed by atoms with Crippen molar-refractivity contribution in [3.8, 4) is 0 Å². The predicted octanol–water partition coefficient (Wildman–Crippen LogP) is 2.25. The van der Waals surface area contributed by atoms with Crippen molar-refractivity contribution >= 4 is 0 Å². The van der Waals surface area contributed by atoms with Crippen LogP contribution < -0.4 is 5.73 Å². The van der Waals surface area contributed by atoms with Gasteiger partial charge in [0.25, 0.3) is 0 Å². The maximum absolute atomic E-state index is 6.08. The van der Waals surface area contributed by atoms with Gasteiger partial charge in [-0.2, -0.15) is 0 Å². The van der Waals surface area contributed by atoms with Crippen LogP contribution in [0, 0.1) is 5.92 Å². The minimum absolute atomic E-state index is 0.158. The van der Waals surface area contributed by atoms with Crippen LogP contribution in [0.1, 0.15) is 46.5 Å². The molecule has 1 rings (SSSR count). The molecule has 0 amide bonds. The lowest BCUT2D eigenvalue weighted by Gasteiger charge is -2.44. The summed E-state index contributed by atoms with van der Waals surface area (Å²) in [7, 11) is 2.24. The summed E-state index contributed by atoms with van der Waals surface area (Å²) in [5, 5.41) is 0. The third kappa shape index (κ3) is 3.94. The second-order valence-electron chi connectivity index (χ2n) is 5.98. The van der Waals surface area contributed by atoms with E-state index < -0.39 is 0 Å². The highest BCUT2D eigenvalue weighted by Crippen LogP contribution is 2.29. The molecule has 17 heavy (non-hydrogen) atoms. The van der Waals surface area contributed by atoms with Crippen LogP contribution in [0.25, 0.3) is 0 Å². The van der Waals surface area contributed by atoms with Crippen molar-refractivity contribution < 1.29 is 4.74 Å². The maximum atomic E-state index is 6.08. The van der Waals surface area contributed by atoms with Gasteiger partial charge in [-0.15, -0.1) is 0 Å². The number of hydrogen-bond donors (Lipinski definition) is 1. The Hall–Kier alpha value is -0.120. The Balaban J connectivity index is 2.69. The lowest BCUT2D eigenvalue weighted by Crippen LogP contribution is -2.55. The van der Waals surface area contributed by atoms with E-state index in [-0.39, 0.29) is 5.54 Å². The molecule has 0 spiro atoms. The van der Waals surface area contributed by atoms with Gasteiger partial charge in [0.2, 0.25) is 0 Å². The standard InChI is InChI=1S/C14H30N2O/c1-12(2)10-13(3)16(4)14(11-15)6-5-8-17-9-7-14/h12-13H,5-11,15H2,1-4H3. The molecule has 2 atom stereocenters. The Morgan fingerprint density at radius 3 is 2.53 bits per heavy atom. The smallest absolute Gasteiger partial charge is 0.0484 e. The average Bonchev–Trinajstić information content (AvgIpc) is 2.53. The molecule has 1 fully saturated rings. The van der Waals surface area contributed by atoms with Crippen LogP contribution in [-0.2, 0) is 4.74 Å². The molecule has 0 aromatic carbocycles. The number of rotatable bonds is 5.